The van der Waals surface area contributed by atoms with Gasteiger partial charge in [-0.05, 0) is 77.0 Å². The SMILES string of the molecule is CCC=CCC=CCC=CCC=CCC=CCCCC(=O)OC(CO)COC(=O)CCCCCCCCCC=CCCCCCC. The molecule has 1 N–H and O–H groups in total. The molecule has 1 atom stereocenters. The number of carbonyl (C=O) groups is 2. The molecule has 5 heteroatoms. The summed E-state index contributed by atoms with van der Waals surface area (Å²) in [6.07, 6.45) is 48.2. The zero-order chi connectivity index (χ0) is 33.6. The summed E-state index contributed by atoms with van der Waals surface area (Å²) in [4.78, 5) is 24.2. The number of ether oxygens (including phenoxy) is 2. The second-order valence-corrected chi connectivity index (χ2v) is 11.9. The first-order chi connectivity index (χ1) is 22.6. The average molecular weight is 641 g/mol. The van der Waals surface area contributed by atoms with Crippen molar-refractivity contribution in [2.75, 3.05) is 13.2 Å². The average Bonchev–Trinajstić information content (AvgIpc) is 3.06. The summed E-state index contributed by atoms with van der Waals surface area (Å²) in [5.41, 5.74) is 0. The molecule has 1 unspecified atom stereocenters. The molecule has 0 saturated heterocycles. The molecule has 0 aromatic heterocycles. The number of esters is 2. The fourth-order valence-corrected chi connectivity index (χ4v) is 4.70. The van der Waals surface area contributed by atoms with E-state index in [9.17, 15) is 14.7 Å². The number of allylic oxidation sites excluding steroid dienone is 12. The molecule has 0 fully saturated rings. The molecule has 0 aromatic carbocycles. The van der Waals surface area contributed by atoms with E-state index in [1.165, 1.54) is 64.2 Å². The Morgan fingerprint density at radius 3 is 1.50 bits per heavy atom. The molecule has 0 bridgehead atoms. The van der Waals surface area contributed by atoms with Gasteiger partial charge in [0, 0.05) is 12.8 Å². The molecule has 262 valence electrons. The van der Waals surface area contributed by atoms with E-state index in [2.05, 4.69) is 86.8 Å². The monoisotopic (exact) mass is 641 g/mol. The molecule has 0 aliphatic heterocycles. The first-order valence-electron chi connectivity index (χ1n) is 18.5. The van der Waals surface area contributed by atoms with E-state index < -0.39 is 6.10 Å². The van der Waals surface area contributed by atoms with Crippen LogP contribution < -0.4 is 0 Å². The summed E-state index contributed by atoms with van der Waals surface area (Å²) in [5.74, 6) is -0.671. The van der Waals surface area contributed by atoms with Gasteiger partial charge < -0.3 is 14.6 Å². The number of rotatable bonds is 32. The second-order valence-electron chi connectivity index (χ2n) is 11.9. The number of carbonyl (C=O) groups excluding carboxylic acids is 2. The number of unbranched alkanes of at least 4 members (excludes halogenated alkanes) is 12. The number of aliphatic hydroxyl groups excluding tert-OH is 1. The van der Waals surface area contributed by atoms with Gasteiger partial charge in [0.25, 0.3) is 0 Å². The van der Waals surface area contributed by atoms with Crippen molar-refractivity contribution < 1.29 is 24.2 Å². The molecule has 0 heterocycles. The maximum absolute atomic E-state index is 12.1. The van der Waals surface area contributed by atoms with Gasteiger partial charge >= 0.3 is 11.9 Å². The molecule has 0 amide bonds. The second kappa shape index (κ2) is 36.8. The maximum Gasteiger partial charge on any atom is 0.306 e. The van der Waals surface area contributed by atoms with Gasteiger partial charge in [-0.15, -0.1) is 0 Å². The van der Waals surface area contributed by atoms with E-state index >= 15 is 0 Å². The van der Waals surface area contributed by atoms with E-state index in [-0.39, 0.29) is 31.6 Å². The summed E-state index contributed by atoms with van der Waals surface area (Å²) in [6, 6.07) is 0. The Bertz CT molecular complexity index is 864. The molecule has 0 rings (SSSR count). The fraction of sp³-hybridized carbons (Fsp3) is 0.659. The molecule has 0 spiro atoms. The van der Waals surface area contributed by atoms with Gasteiger partial charge in [0.05, 0.1) is 6.61 Å². The lowest BCUT2D eigenvalue weighted by atomic mass is 10.1. The Kier molecular flexibility index (Phi) is 34.7. The Morgan fingerprint density at radius 1 is 0.522 bits per heavy atom. The lowest BCUT2D eigenvalue weighted by molar-refractivity contribution is -0.161. The predicted octanol–water partition coefficient (Wildman–Crippen LogP) is 11.4. The third-order valence-corrected chi connectivity index (χ3v) is 7.48. The fourth-order valence-electron chi connectivity index (χ4n) is 4.70. The number of aliphatic hydroxyl groups is 1. The van der Waals surface area contributed by atoms with Gasteiger partial charge in [-0.1, -0.05) is 138 Å². The van der Waals surface area contributed by atoms with Crippen molar-refractivity contribution >= 4 is 11.9 Å². The van der Waals surface area contributed by atoms with Gasteiger partial charge in [-0.3, -0.25) is 9.59 Å². The Labute approximate surface area is 283 Å². The topological polar surface area (TPSA) is 72.8 Å². The van der Waals surface area contributed by atoms with Gasteiger partial charge in [-0.25, -0.2) is 0 Å². The van der Waals surface area contributed by atoms with Gasteiger partial charge in [0.1, 0.15) is 6.61 Å². The third-order valence-electron chi connectivity index (χ3n) is 7.48. The van der Waals surface area contributed by atoms with E-state index in [0.29, 0.717) is 12.8 Å². The Balaban J connectivity index is 3.70. The predicted molar refractivity (Wildman–Crippen MR) is 196 cm³/mol. The van der Waals surface area contributed by atoms with Crippen LogP contribution in [-0.2, 0) is 19.1 Å². The lowest BCUT2D eigenvalue weighted by Gasteiger charge is -2.15. The molecule has 0 radical (unpaired) electrons. The highest BCUT2D eigenvalue weighted by atomic mass is 16.6. The van der Waals surface area contributed by atoms with E-state index in [4.69, 9.17) is 9.47 Å². The van der Waals surface area contributed by atoms with E-state index in [0.717, 1.165) is 57.8 Å². The zero-order valence-corrected chi connectivity index (χ0v) is 29.6. The maximum atomic E-state index is 12.1. The summed E-state index contributed by atoms with van der Waals surface area (Å²) >= 11 is 0. The molecule has 5 nitrogen and oxygen atoms in total. The largest absolute Gasteiger partial charge is 0.462 e. The number of hydrogen-bond donors (Lipinski definition) is 1. The zero-order valence-electron chi connectivity index (χ0n) is 29.6. The minimum absolute atomic E-state index is 0.0942. The van der Waals surface area contributed by atoms with E-state index in [1.54, 1.807) is 0 Å². The van der Waals surface area contributed by atoms with Gasteiger partial charge in [0.2, 0.25) is 0 Å². The standard InChI is InChI=1S/C41H68O5/c1-3-5-7-9-11-13-15-17-19-20-22-24-26-28-30-32-34-36-41(44)46-39(37-42)38-45-40(43)35-33-31-29-27-25-23-21-18-16-14-12-10-8-6-4-2/h5,7,11,13-14,16-17,19,22,24,28,30,39,42H,3-4,6,8-10,12,15,18,20-21,23,25-27,29,31-38H2,1-2H3. The lowest BCUT2D eigenvalue weighted by Crippen LogP contribution is -2.28. The van der Waals surface area contributed by atoms with Gasteiger partial charge in [0.15, 0.2) is 6.10 Å². The van der Waals surface area contributed by atoms with Crippen molar-refractivity contribution in [2.24, 2.45) is 0 Å². The third kappa shape index (κ3) is 34.2. The van der Waals surface area contributed by atoms with Crippen molar-refractivity contribution in [3.8, 4) is 0 Å². The van der Waals surface area contributed by atoms with Crippen molar-refractivity contribution in [3.05, 3.63) is 72.9 Å². The summed E-state index contributed by atoms with van der Waals surface area (Å²) in [6.45, 7) is 3.94. The molecule has 0 aromatic rings. The normalized spacial score (nSPS) is 13.0. The molecule has 46 heavy (non-hydrogen) atoms. The summed E-state index contributed by atoms with van der Waals surface area (Å²) in [5, 5.41) is 9.53. The number of hydrogen-bond acceptors (Lipinski definition) is 5. The van der Waals surface area contributed by atoms with Crippen molar-refractivity contribution in [2.45, 2.75) is 161 Å². The minimum Gasteiger partial charge on any atom is -0.462 e. The molecule has 0 aliphatic rings. The van der Waals surface area contributed by atoms with Crippen LogP contribution in [0.25, 0.3) is 0 Å². The highest BCUT2D eigenvalue weighted by Gasteiger charge is 2.15. The molecule has 0 aliphatic carbocycles. The van der Waals surface area contributed by atoms with Crippen LogP contribution in [0.3, 0.4) is 0 Å². The molecular weight excluding hydrogens is 572 g/mol. The minimum atomic E-state index is -0.805. The quantitative estimate of drug-likeness (QED) is 0.0450. The van der Waals surface area contributed by atoms with Crippen molar-refractivity contribution in [1.29, 1.82) is 0 Å². The highest BCUT2D eigenvalue weighted by molar-refractivity contribution is 5.70. The van der Waals surface area contributed by atoms with Crippen LogP contribution in [0.1, 0.15) is 155 Å². The first kappa shape index (κ1) is 43.3. The van der Waals surface area contributed by atoms with Crippen LogP contribution in [0.2, 0.25) is 0 Å². The van der Waals surface area contributed by atoms with Crippen LogP contribution in [0, 0.1) is 0 Å². The van der Waals surface area contributed by atoms with Crippen LogP contribution >= 0.6 is 0 Å². The Morgan fingerprint density at radius 2 is 0.957 bits per heavy atom. The van der Waals surface area contributed by atoms with Crippen LogP contribution in [0.5, 0.6) is 0 Å². The first-order valence-corrected chi connectivity index (χ1v) is 18.5. The smallest absolute Gasteiger partial charge is 0.306 e. The van der Waals surface area contributed by atoms with Crippen LogP contribution in [0.15, 0.2) is 72.9 Å². The van der Waals surface area contributed by atoms with Crippen LogP contribution in [0.4, 0.5) is 0 Å². The van der Waals surface area contributed by atoms with E-state index in [1.807, 2.05) is 0 Å². The van der Waals surface area contributed by atoms with Crippen molar-refractivity contribution in [3.63, 3.8) is 0 Å². The van der Waals surface area contributed by atoms with Gasteiger partial charge in [-0.2, -0.15) is 0 Å². The Hall–Kier alpha value is -2.66. The van der Waals surface area contributed by atoms with Crippen LogP contribution in [-0.4, -0.2) is 36.4 Å². The molecular formula is C41H68O5. The summed E-state index contributed by atoms with van der Waals surface area (Å²) < 4.78 is 10.5. The van der Waals surface area contributed by atoms with Crippen molar-refractivity contribution in [1.82, 2.24) is 0 Å². The molecule has 0 saturated carbocycles. The highest BCUT2D eigenvalue weighted by Crippen LogP contribution is 2.11. The summed E-state index contributed by atoms with van der Waals surface area (Å²) in [7, 11) is 0.